The third-order valence-electron chi connectivity index (χ3n) is 5.27. The minimum absolute atomic E-state index is 0.0260. The van der Waals surface area contributed by atoms with Crippen LogP contribution in [-0.4, -0.2) is 43.0 Å². The highest BCUT2D eigenvalue weighted by Crippen LogP contribution is 2.35. The molecular formula is C22H31FN2O4Si. The number of carboxylic acids is 1. The van der Waals surface area contributed by atoms with Crippen molar-refractivity contribution in [1.29, 1.82) is 0 Å². The van der Waals surface area contributed by atoms with Crippen molar-refractivity contribution in [3.05, 3.63) is 35.6 Å². The molecular weight excluding hydrogens is 403 g/mol. The number of hydrogen-bond acceptors (Lipinski definition) is 3. The summed E-state index contributed by atoms with van der Waals surface area (Å²) >= 11 is 0. The minimum Gasteiger partial charge on any atom is -0.480 e. The van der Waals surface area contributed by atoms with E-state index in [9.17, 15) is 23.9 Å². The van der Waals surface area contributed by atoms with Gasteiger partial charge in [-0.3, -0.25) is 9.59 Å². The van der Waals surface area contributed by atoms with Gasteiger partial charge in [0, 0.05) is 19.8 Å². The van der Waals surface area contributed by atoms with Gasteiger partial charge in [-0.25, -0.2) is 9.18 Å². The van der Waals surface area contributed by atoms with Gasteiger partial charge in [-0.1, -0.05) is 52.1 Å². The van der Waals surface area contributed by atoms with Gasteiger partial charge in [-0.15, -0.1) is 11.5 Å². The summed E-state index contributed by atoms with van der Waals surface area (Å²) in [4.78, 5) is 35.8. The van der Waals surface area contributed by atoms with Gasteiger partial charge in [0.2, 0.25) is 11.8 Å². The van der Waals surface area contributed by atoms with Gasteiger partial charge < -0.3 is 15.7 Å². The number of nitrogens with one attached hydrogen (secondary N) is 2. The first-order valence-electron chi connectivity index (χ1n) is 9.78. The van der Waals surface area contributed by atoms with Crippen LogP contribution in [-0.2, 0) is 20.8 Å². The first-order chi connectivity index (χ1) is 13.7. The standard InChI is InChI=1S/C22H31FN2O4Si/c1-15(26)24-19(14-16-10-7-8-11-17(16)23)20(27)25-18(21(28)29)12-9-13-30(5,6)22(2,3)4/h7-8,10-11,18-19H,12,14H2,1-6H3,(H,24,26)(H,25,27)(H,28,29)/t18-,19-/m0/s1. The Labute approximate surface area is 178 Å². The number of benzene rings is 1. The summed E-state index contributed by atoms with van der Waals surface area (Å²) in [6, 6.07) is 3.58. The van der Waals surface area contributed by atoms with Crippen LogP contribution >= 0.6 is 0 Å². The summed E-state index contributed by atoms with van der Waals surface area (Å²) in [5.41, 5.74) is 3.47. The molecule has 30 heavy (non-hydrogen) atoms. The number of rotatable bonds is 7. The van der Waals surface area contributed by atoms with Crippen LogP contribution in [0.15, 0.2) is 24.3 Å². The minimum atomic E-state index is -1.91. The lowest BCUT2D eigenvalue weighted by atomic mass is 10.0. The molecule has 6 nitrogen and oxygen atoms in total. The van der Waals surface area contributed by atoms with Crippen molar-refractivity contribution in [3.8, 4) is 11.5 Å². The van der Waals surface area contributed by atoms with Crippen molar-refractivity contribution in [2.24, 2.45) is 0 Å². The number of carboxylic acid groups (broad SMARTS) is 1. The molecule has 164 valence electrons. The lowest BCUT2D eigenvalue weighted by molar-refractivity contribution is -0.142. The van der Waals surface area contributed by atoms with Gasteiger partial charge in [-0.2, -0.15) is 0 Å². The van der Waals surface area contributed by atoms with E-state index < -0.39 is 43.8 Å². The quantitative estimate of drug-likeness (QED) is 0.454. The first kappa shape index (κ1) is 25.4. The maximum atomic E-state index is 14.0. The molecule has 0 bridgehead atoms. The highest BCUT2D eigenvalue weighted by molar-refractivity contribution is 6.87. The van der Waals surface area contributed by atoms with Crippen LogP contribution in [0.25, 0.3) is 0 Å². The molecule has 1 aromatic carbocycles. The van der Waals surface area contributed by atoms with Gasteiger partial charge in [-0.05, 0) is 16.7 Å². The molecule has 0 saturated heterocycles. The highest BCUT2D eigenvalue weighted by Gasteiger charge is 2.34. The molecule has 0 aliphatic rings. The summed E-state index contributed by atoms with van der Waals surface area (Å²) in [6.07, 6.45) is -0.153. The number of carbonyl (C=O) groups excluding carboxylic acids is 2. The van der Waals surface area contributed by atoms with Gasteiger partial charge in [0.1, 0.15) is 26.0 Å². The Kier molecular flexibility index (Phi) is 8.79. The third kappa shape index (κ3) is 7.63. The van der Waals surface area contributed by atoms with Crippen molar-refractivity contribution < 1.29 is 23.9 Å². The summed E-state index contributed by atoms with van der Waals surface area (Å²) < 4.78 is 14.0. The molecule has 0 radical (unpaired) electrons. The van der Waals surface area contributed by atoms with E-state index in [1.54, 1.807) is 6.07 Å². The van der Waals surface area contributed by atoms with E-state index in [-0.39, 0.29) is 23.4 Å². The number of hydrogen-bond donors (Lipinski definition) is 3. The fraction of sp³-hybridized carbons (Fsp3) is 0.500. The predicted molar refractivity (Wildman–Crippen MR) is 117 cm³/mol. The predicted octanol–water partition coefficient (Wildman–Crippen LogP) is 2.88. The SMILES string of the molecule is CC(=O)N[C@@H](Cc1ccccc1F)C(=O)N[C@@H](CC#C[Si](C)(C)C(C)(C)C)C(=O)O. The zero-order chi connectivity index (χ0) is 23.1. The molecule has 0 heterocycles. The average Bonchev–Trinajstić information content (AvgIpc) is 2.60. The smallest absolute Gasteiger partial charge is 0.327 e. The van der Waals surface area contributed by atoms with Crippen LogP contribution in [0.4, 0.5) is 4.39 Å². The molecule has 2 amide bonds. The van der Waals surface area contributed by atoms with Crippen molar-refractivity contribution in [1.82, 2.24) is 10.6 Å². The molecule has 3 N–H and O–H groups in total. The molecule has 0 spiro atoms. The van der Waals surface area contributed by atoms with Gasteiger partial charge in [0.15, 0.2) is 0 Å². The molecule has 0 aromatic heterocycles. The third-order valence-corrected chi connectivity index (χ3v) is 9.82. The first-order valence-corrected chi connectivity index (χ1v) is 12.8. The maximum absolute atomic E-state index is 14.0. The number of halogens is 1. The molecule has 1 aromatic rings. The second kappa shape index (κ2) is 10.4. The molecule has 0 aliphatic heterocycles. The number of carbonyl (C=O) groups is 3. The Balaban J connectivity index is 2.96. The fourth-order valence-corrected chi connectivity index (χ4v) is 3.29. The van der Waals surface area contributed by atoms with Crippen LogP contribution in [0.1, 0.15) is 39.7 Å². The normalized spacial score (nSPS) is 13.4. The highest BCUT2D eigenvalue weighted by atomic mass is 28.3. The Morgan fingerprint density at radius 2 is 1.73 bits per heavy atom. The van der Waals surface area contributed by atoms with E-state index in [1.165, 1.54) is 25.1 Å². The average molecular weight is 435 g/mol. The van der Waals surface area contributed by atoms with Crippen molar-refractivity contribution in [2.45, 2.75) is 70.8 Å². The second-order valence-corrected chi connectivity index (χ2v) is 13.8. The maximum Gasteiger partial charge on any atom is 0.327 e. The van der Waals surface area contributed by atoms with E-state index in [4.69, 9.17) is 0 Å². The molecule has 8 heteroatoms. The Hall–Kier alpha value is -2.66. The second-order valence-electron chi connectivity index (χ2n) is 8.83. The van der Waals surface area contributed by atoms with Gasteiger partial charge >= 0.3 is 5.97 Å². The monoisotopic (exact) mass is 434 g/mol. The fourth-order valence-electron chi connectivity index (χ4n) is 2.37. The summed E-state index contributed by atoms with van der Waals surface area (Å²) in [7, 11) is -1.91. The van der Waals surface area contributed by atoms with Crippen LogP contribution in [0.2, 0.25) is 18.1 Å². The van der Waals surface area contributed by atoms with E-state index in [2.05, 4.69) is 56.0 Å². The Morgan fingerprint density at radius 1 is 1.13 bits per heavy atom. The van der Waals surface area contributed by atoms with E-state index in [0.29, 0.717) is 0 Å². The van der Waals surface area contributed by atoms with Crippen molar-refractivity contribution >= 4 is 25.9 Å². The van der Waals surface area contributed by atoms with E-state index in [0.717, 1.165) is 0 Å². The Morgan fingerprint density at radius 3 is 2.23 bits per heavy atom. The molecule has 0 saturated carbocycles. The summed E-state index contributed by atoms with van der Waals surface area (Å²) in [5, 5.41) is 14.4. The van der Waals surface area contributed by atoms with Crippen molar-refractivity contribution in [3.63, 3.8) is 0 Å². The lowest BCUT2D eigenvalue weighted by Gasteiger charge is -2.31. The van der Waals surface area contributed by atoms with Crippen LogP contribution < -0.4 is 10.6 Å². The summed E-state index contributed by atoms with van der Waals surface area (Å²) in [5.74, 6) is 0.0255. The van der Waals surface area contributed by atoms with Crippen molar-refractivity contribution in [2.75, 3.05) is 0 Å². The molecule has 0 fully saturated rings. The molecule has 2 atom stereocenters. The van der Waals surface area contributed by atoms with Gasteiger partial charge in [0.05, 0.1) is 0 Å². The summed E-state index contributed by atoms with van der Waals surface area (Å²) in [6.45, 7) is 11.8. The molecule has 0 unspecified atom stereocenters. The zero-order valence-electron chi connectivity index (χ0n) is 18.4. The largest absolute Gasteiger partial charge is 0.480 e. The van der Waals surface area contributed by atoms with Crippen LogP contribution in [0.3, 0.4) is 0 Å². The van der Waals surface area contributed by atoms with Crippen LogP contribution in [0.5, 0.6) is 0 Å². The Bertz CT molecular complexity index is 853. The lowest BCUT2D eigenvalue weighted by Crippen LogP contribution is -2.52. The topological polar surface area (TPSA) is 95.5 Å². The van der Waals surface area contributed by atoms with Gasteiger partial charge in [0.25, 0.3) is 0 Å². The van der Waals surface area contributed by atoms with E-state index >= 15 is 0 Å². The van der Waals surface area contributed by atoms with Crippen LogP contribution in [0, 0.1) is 17.3 Å². The number of aliphatic carboxylic acids is 1. The number of amides is 2. The molecule has 0 aliphatic carbocycles. The zero-order valence-corrected chi connectivity index (χ0v) is 19.4. The molecule has 1 rings (SSSR count). The van der Waals surface area contributed by atoms with E-state index in [1.807, 2.05) is 0 Å².